The number of nitrogens with zero attached hydrogens (tertiary/aromatic N) is 3. The van der Waals surface area contributed by atoms with Gasteiger partial charge in [0.1, 0.15) is 19.0 Å². The molecule has 5 rings (SSSR count). The van der Waals surface area contributed by atoms with Crippen LogP contribution in [0.3, 0.4) is 0 Å². The van der Waals surface area contributed by atoms with Gasteiger partial charge in [-0.15, -0.1) is 11.8 Å². The zero-order valence-electron chi connectivity index (χ0n) is 25.6. The van der Waals surface area contributed by atoms with Gasteiger partial charge in [-0.1, -0.05) is 72.8 Å². The van der Waals surface area contributed by atoms with E-state index in [-0.39, 0.29) is 12.3 Å². The molecule has 0 aliphatic carbocycles. The van der Waals surface area contributed by atoms with Gasteiger partial charge in [0, 0.05) is 25.3 Å². The average Bonchev–Trinajstić information content (AvgIpc) is 3.09. The molecule has 0 bridgehead atoms. The van der Waals surface area contributed by atoms with E-state index in [0.29, 0.717) is 23.5 Å². The summed E-state index contributed by atoms with van der Waals surface area (Å²) in [4.78, 5) is 54.8. The maximum Gasteiger partial charge on any atom is 0.334 e. The molecule has 4 aromatic carbocycles. The number of non-ortho nitro benzene ring substituents is 1. The van der Waals surface area contributed by atoms with Crippen molar-refractivity contribution in [3.8, 4) is 5.75 Å². The van der Waals surface area contributed by atoms with Crippen molar-refractivity contribution in [2.45, 2.75) is 37.3 Å². The van der Waals surface area contributed by atoms with E-state index < -0.39 is 39.9 Å². The Morgan fingerprint density at radius 2 is 1.53 bits per heavy atom. The molecule has 1 heterocycles. The van der Waals surface area contributed by atoms with Crippen LogP contribution in [-0.2, 0) is 37.1 Å². The van der Waals surface area contributed by atoms with Crippen LogP contribution in [0.2, 0.25) is 0 Å². The van der Waals surface area contributed by atoms with Crippen molar-refractivity contribution in [2.75, 3.05) is 6.26 Å². The van der Waals surface area contributed by atoms with Gasteiger partial charge in [0.15, 0.2) is 6.04 Å². The summed E-state index contributed by atoms with van der Waals surface area (Å²) in [5, 5.41) is 11.1. The highest BCUT2D eigenvalue weighted by molar-refractivity contribution is 8.00. The summed E-state index contributed by atoms with van der Waals surface area (Å²) in [7, 11) is 0. The Hall–Kier alpha value is -5.49. The topological polar surface area (TPSA) is 138 Å². The molecule has 1 aliphatic rings. The molecule has 4 aromatic rings. The van der Waals surface area contributed by atoms with E-state index in [1.807, 2.05) is 60.7 Å². The molecular weight excluding hydrogens is 622 g/mol. The van der Waals surface area contributed by atoms with Crippen LogP contribution in [0.1, 0.15) is 35.2 Å². The molecule has 47 heavy (non-hydrogen) atoms. The molecular formula is C35H31N3O8S. The number of rotatable bonds is 13. The van der Waals surface area contributed by atoms with Gasteiger partial charge in [0.2, 0.25) is 11.1 Å². The highest BCUT2D eigenvalue weighted by atomic mass is 32.2. The highest BCUT2D eigenvalue weighted by Crippen LogP contribution is 2.48. The Morgan fingerprint density at radius 1 is 0.936 bits per heavy atom. The number of ether oxygens (including phenoxy) is 3. The third-order valence-corrected chi connectivity index (χ3v) is 8.50. The number of thioether (sulfide) groups is 1. The first-order valence-corrected chi connectivity index (χ1v) is 15.8. The first kappa shape index (κ1) is 32.9. The van der Waals surface area contributed by atoms with Gasteiger partial charge in [-0.05, 0) is 52.8 Å². The normalized spacial score (nSPS) is 17.9. The second-order valence-corrected chi connectivity index (χ2v) is 11.6. The molecule has 0 radical (unpaired) electrons. The molecule has 11 nitrogen and oxygen atoms in total. The molecule has 12 heteroatoms. The third-order valence-electron chi connectivity index (χ3n) is 7.40. The fraction of sp³-hybridized carbons (Fsp3) is 0.200. The number of amides is 1. The van der Waals surface area contributed by atoms with Gasteiger partial charge in [-0.3, -0.25) is 29.6 Å². The summed E-state index contributed by atoms with van der Waals surface area (Å²) in [6.45, 7) is 1.50. The summed E-state index contributed by atoms with van der Waals surface area (Å²) in [6, 6.07) is 29.8. The Balaban J connectivity index is 1.45. The second kappa shape index (κ2) is 14.7. The molecule has 0 spiro atoms. The van der Waals surface area contributed by atoms with Gasteiger partial charge in [0.25, 0.3) is 11.6 Å². The van der Waals surface area contributed by atoms with Crippen LogP contribution in [0.25, 0.3) is 0 Å². The minimum Gasteiger partial charge on any atom is -0.489 e. The van der Waals surface area contributed by atoms with E-state index >= 15 is 0 Å². The van der Waals surface area contributed by atoms with Crippen molar-refractivity contribution in [3.63, 3.8) is 0 Å². The molecule has 1 unspecified atom stereocenters. The number of β-lactam (4-membered cyclic amide) rings is 1. The Bertz CT molecular complexity index is 1750. The second-order valence-electron chi connectivity index (χ2n) is 10.5. The lowest BCUT2D eigenvalue weighted by atomic mass is 9.95. The highest BCUT2D eigenvalue weighted by Gasteiger charge is 2.66. The fourth-order valence-corrected chi connectivity index (χ4v) is 5.78. The summed E-state index contributed by atoms with van der Waals surface area (Å²) in [5.74, 6) is -1.45. The van der Waals surface area contributed by atoms with Crippen LogP contribution < -0.4 is 4.74 Å². The van der Waals surface area contributed by atoms with Crippen LogP contribution in [-0.4, -0.2) is 51.2 Å². The van der Waals surface area contributed by atoms with E-state index in [1.165, 1.54) is 37.4 Å². The molecule has 0 aromatic heterocycles. The zero-order valence-corrected chi connectivity index (χ0v) is 26.4. The van der Waals surface area contributed by atoms with Gasteiger partial charge < -0.3 is 14.2 Å². The Labute approximate surface area is 275 Å². The molecule has 0 N–H and O–H groups in total. The van der Waals surface area contributed by atoms with Crippen molar-refractivity contribution >= 4 is 41.5 Å². The number of hydrogen-bond donors (Lipinski definition) is 0. The number of nitro groups is 1. The standard InChI is InChI=1S/C35H31N3O8S/c1-24(39)46-34-35(47-2,36-21-25-13-17-29(18-14-25)38(42)43)33(41)37(34)31(32(40)45-23-27-11-7-4-8-12-27)28-15-19-30(20-16-28)44-22-26-9-5-3-6-10-26/h3-21,31,34H,22-23H2,1-2H3/t31?,34-,35-/m0/s1. The van der Waals surface area contributed by atoms with Gasteiger partial charge in [0.05, 0.1) is 4.92 Å². The molecule has 0 saturated carbocycles. The largest absolute Gasteiger partial charge is 0.489 e. The summed E-state index contributed by atoms with van der Waals surface area (Å²) < 4.78 is 17.3. The first-order chi connectivity index (χ1) is 22.7. The first-order valence-electron chi connectivity index (χ1n) is 14.5. The predicted molar refractivity (Wildman–Crippen MR) is 176 cm³/mol. The van der Waals surface area contributed by atoms with E-state index in [9.17, 15) is 24.5 Å². The van der Waals surface area contributed by atoms with Gasteiger partial charge in [-0.2, -0.15) is 0 Å². The zero-order chi connectivity index (χ0) is 33.4. The number of carbonyl (C=O) groups excluding carboxylic acids is 3. The van der Waals surface area contributed by atoms with E-state index in [1.54, 1.807) is 30.5 Å². The third kappa shape index (κ3) is 7.50. The van der Waals surface area contributed by atoms with E-state index in [4.69, 9.17) is 14.2 Å². The molecule has 1 amide bonds. The SMILES string of the molecule is CS[C@@]1(N=Cc2ccc([N+](=O)[O-])cc2)C(=O)N(C(C(=O)OCc2ccccc2)c2ccc(OCc3ccccc3)cc2)[C@H]1OC(C)=O. The molecule has 3 atom stereocenters. The van der Waals surface area contributed by atoms with Crippen molar-refractivity contribution in [1.82, 2.24) is 4.90 Å². The molecule has 1 saturated heterocycles. The van der Waals surface area contributed by atoms with Gasteiger partial charge in [-0.25, -0.2) is 4.79 Å². The molecule has 1 aliphatic heterocycles. The Morgan fingerprint density at radius 3 is 2.09 bits per heavy atom. The van der Waals surface area contributed by atoms with Crippen LogP contribution in [0.15, 0.2) is 114 Å². The lowest BCUT2D eigenvalue weighted by molar-refractivity contribution is -0.384. The summed E-state index contributed by atoms with van der Waals surface area (Å²) >= 11 is 1.04. The van der Waals surface area contributed by atoms with Crippen molar-refractivity contribution in [3.05, 3.63) is 142 Å². The summed E-state index contributed by atoms with van der Waals surface area (Å²) in [6.07, 6.45) is 1.74. The minimum absolute atomic E-state index is 0.0410. The number of carbonyl (C=O) groups is 3. The van der Waals surface area contributed by atoms with Crippen molar-refractivity contribution < 1.29 is 33.5 Å². The number of esters is 2. The molecule has 240 valence electrons. The lowest BCUT2D eigenvalue weighted by Crippen LogP contribution is -2.73. The van der Waals surface area contributed by atoms with Crippen molar-refractivity contribution in [1.29, 1.82) is 0 Å². The van der Waals surface area contributed by atoms with Gasteiger partial charge >= 0.3 is 11.9 Å². The maximum absolute atomic E-state index is 14.1. The number of nitro benzene ring substituents is 1. The average molecular weight is 654 g/mol. The van der Waals surface area contributed by atoms with E-state index in [2.05, 4.69) is 4.99 Å². The number of benzene rings is 4. The quantitative estimate of drug-likeness (QED) is 0.0570. The monoisotopic (exact) mass is 653 g/mol. The van der Waals surface area contributed by atoms with Crippen LogP contribution in [0.4, 0.5) is 5.69 Å². The van der Waals surface area contributed by atoms with Crippen LogP contribution in [0.5, 0.6) is 5.75 Å². The van der Waals surface area contributed by atoms with Crippen LogP contribution in [0, 0.1) is 10.1 Å². The van der Waals surface area contributed by atoms with Crippen molar-refractivity contribution in [2.24, 2.45) is 4.99 Å². The lowest BCUT2D eigenvalue weighted by Gasteiger charge is -2.53. The molecule has 1 fully saturated rings. The van der Waals surface area contributed by atoms with Crippen LogP contribution >= 0.6 is 11.8 Å². The summed E-state index contributed by atoms with van der Waals surface area (Å²) in [5.41, 5.74) is 2.54. The Kier molecular flexibility index (Phi) is 10.3. The maximum atomic E-state index is 14.1. The minimum atomic E-state index is -1.62. The fourth-order valence-electron chi connectivity index (χ4n) is 4.98. The predicted octanol–water partition coefficient (Wildman–Crippen LogP) is 5.87. The number of hydrogen-bond acceptors (Lipinski definition) is 10. The number of aliphatic imine (C=N–C) groups is 1. The number of likely N-dealkylation sites (tertiary alicyclic amines) is 1. The smallest absolute Gasteiger partial charge is 0.334 e. The van der Waals surface area contributed by atoms with E-state index in [0.717, 1.165) is 27.8 Å².